The number of likely N-dealkylation sites (tertiary alicyclic amines) is 1. The third kappa shape index (κ3) is 3.30. The number of aromatic amines is 1. The number of carboxylic acids is 1. The van der Waals surface area contributed by atoms with E-state index in [1.165, 1.54) is 22.1 Å². The molecule has 2 atom stereocenters. The van der Waals surface area contributed by atoms with Gasteiger partial charge in [0.05, 0.1) is 24.3 Å². The molecule has 2 aliphatic rings. The first kappa shape index (κ1) is 20.1. The number of H-pyrrole nitrogens is 1. The number of rotatable bonds is 5. The lowest BCUT2D eigenvalue weighted by atomic mass is 9.75. The average Bonchev–Trinajstić information content (AvgIpc) is 3.28. The number of ether oxygens (including phenoxy) is 2. The molecule has 5 rings (SSSR count). The number of carbonyl (C=O) groups is 1. The minimum atomic E-state index is -0.895. The zero-order valence-electron chi connectivity index (χ0n) is 18.0. The largest absolute Gasteiger partial charge is 0.496 e. The molecule has 0 unspecified atom stereocenters. The summed E-state index contributed by atoms with van der Waals surface area (Å²) in [5.41, 5.74) is 4.83. The fourth-order valence-corrected chi connectivity index (χ4v) is 5.49. The van der Waals surface area contributed by atoms with Gasteiger partial charge in [-0.1, -0.05) is 12.1 Å². The van der Waals surface area contributed by atoms with Crippen LogP contribution in [-0.4, -0.2) is 47.3 Å². The Balaban J connectivity index is 1.58. The van der Waals surface area contributed by atoms with Crippen LogP contribution in [0.2, 0.25) is 0 Å². The zero-order valence-corrected chi connectivity index (χ0v) is 18.0. The number of methoxy groups -OCH3 is 1. The van der Waals surface area contributed by atoms with E-state index in [-0.39, 0.29) is 11.6 Å². The van der Waals surface area contributed by atoms with Crippen molar-refractivity contribution in [1.82, 2.24) is 9.88 Å². The summed E-state index contributed by atoms with van der Waals surface area (Å²) in [5.74, 6) is 0.0174. The van der Waals surface area contributed by atoms with Gasteiger partial charge in [-0.25, -0.2) is 4.79 Å². The van der Waals surface area contributed by atoms with E-state index in [1.54, 1.807) is 19.2 Å². The minimum Gasteiger partial charge on any atom is -0.496 e. The molecular weight excluding hydrogens is 392 g/mol. The number of aromatic carboxylic acids is 1. The van der Waals surface area contributed by atoms with Gasteiger partial charge in [0, 0.05) is 42.4 Å². The smallest absolute Gasteiger partial charge is 0.335 e. The number of nitrogens with one attached hydrogen (secondary N) is 1. The number of nitrogens with zero attached hydrogens (tertiary/aromatic N) is 1. The minimum absolute atomic E-state index is 0.170. The lowest BCUT2D eigenvalue weighted by molar-refractivity contribution is -0.120. The molecule has 1 aromatic heterocycles. The van der Waals surface area contributed by atoms with Crippen molar-refractivity contribution in [3.05, 3.63) is 64.8 Å². The third-order valence-electron chi connectivity index (χ3n) is 7.11. The second kappa shape index (κ2) is 7.70. The Hall–Kier alpha value is -2.83. The molecule has 3 aromatic rings. The number of benzene rings is 2. The molecular formula is C25H28N2O4. The molecule has 0 saturated carbocycles. The normalized spacial score (nSPS) is 23.7. The van der Waals surface area contributed by atoms with Gasteiger partial charge in [0.25, 0.3) is 0 Å². The number of hydrogen-bond donors (Lipinski definition) is 2. The van der Waals surface area contributed by atoms with Gasteiger partial charge in [-0.15, -0.1) is 0 Å². The van der Waals surface area contributed by atoms with Crippen molar-refractivity contribution in [3.63, 3.8) is 0 Å². The van der Waals surface area contributed by atoms with E-state index in [1.807, 2.05) is 18.3 Å². The second-order valence-electron chi connectivity index (χ2n) is 8.71. The standard InChI is InChI=1S/C25H28N2O4/c1-16-13-22(30-2)21(20-7-10-26-23(16)20)15-27-11-8-19-14-25(27,9-12-31-19)18-5-3-17(4-6-18)24(28)29/h3-7,10,13,19,26H,8-9,11-12,14-15H2,1-2H3,(H,28,29)/t19-,25-/m0/s1. The summed E-state index contributed by atoms with van der Waals surface area (Å²) in [6, 6.07) is 11.7. The number of aryl methyl sites for hydroxylation is 1. The highest BCUT2D eigenvalue weighted by atomic mass is 16.5. The predicted molar refractivity (Wildman–Crippen MR) is 119 cm³/mol. The lowest BCUT2D eigenvalue weighted by Crippen LogP contribution is -2.56. The Morgan fingerprint density at radius 1 is 1.32 bits per heavy atom. The van der Waals surface area contributed by atoms with Crippen molar-refractivity contribution < 1.29 is 19.4 Å². The summed E-state index contributed by atoms with van der Waals surface area (Å²) in [7, 11) is 1.73. The highest BCUT2D eigenvalue weighted by Gasteiger charge is 2.46. The van der Waals surface area contributed by atoms with Crippen molar-refractivity contribution in [3.8, 4) is 5.75 Å². The molecule has 2 aromatic carbocycles. The second-order valence-corrected chi connectivity index (χ2v) is 8.71. The first-order valence-electron chi connectivity index (χ1n) is 10.9. The lowest BCUT2D eigenvalue weighted by Gasteiger charge is -2.53. The molecule has 0 spiro atoms. The highest BCUT2D eigenvalue weighted by molar-refractivity contribution is 5.88. The monoisotopic (exact) mass is 420 g/mol. The van der Waals surface area contributed by atoms with Crippen LogP contribution in [0, 0.1) is 6.92 Å². The van der Waals surface area contributed by atoms with Crippen LogP contribution in [0.15, 0.2) is 42.6 Å². The quantitative estimate of drug-likeness (QED) is 0.637. The fourth-order valence-electron chi connectivity index (χ4n) is 5.49. The van der Waals surface area contributed by atoms with E-state index < -0.39 is 5.97 Å². The molecule has 3 heterocycles. The number of hydrogen-bond acceptors (Lipinski definition) is 4. The van der Waals surface area contributed by atoms with Gasteiger partial charge in [0.15, 0.2) is 0 Å². The van der Waals surface area contributed by atoms with E-state index in [4.69, 9.17) is 9.47 Å². The average molecular weight is 421 g/mol. The SMILES string of the molecule is COc1cc(C)c2[nH]ccc2c1CN1CC[C@H]2C[C@]1(c1ccc(C(=O)O)cc1)CCO2. The van der Waals surface area contributed by atoms with Crippen molar-refractivity contribution >= 4 is 16.9 Å². The molecule has 0 radical (unpaired) electrons. The summed E-state index contributed by atoms with van der Waals surface area (Å²) in [5, 5.41) is 10.5. The molecule has 0 amide bonds. The van der Waals surface area contributed by atoms with Gasteiger partial charge in [0.1, 0.15) is 5.75 Å². The molecule has 2 aliphatic heterocycles. The van der Waals surface area contributed by atoms with Crippen molar-refractivity contribution in [2.45, 2.75) is 44.4 Å². The van der Waals surface area contributed by atoms with Gasteiger partial charge in [0.2, 0.25) is 0 Å². The zero-order chi connectivity index (χ0) is 21.6. The molecule has 2 N–H and O–H groups in total. The Bertz CT molecular complexity index is 1120. The Morgan fingerprint density at radius 3 is 2.87 bits per heavy atom. The van der Waals surface area contributed by atoms with E-state index in [0.29, 0.717) is 12.2 Å². The maximum Gasteiger partial charge on any atom is 0.335 e. The Morgan fingerprint density at radius 2 is 2.13 bits per heavy atom. The van der Waals surface area contributed by atoms with Crippen LogP contribution >= 0.6 is 0 Å². The third-order valence-corrected chi connectivity index (χ3v) is 7.11. The van der Waals surface area contributed by atoms with E-state index in [2.05, 4.69) is 28.9 Å². The molecule has 31 heavy (non-hydrogen) atoms. The predicted octanol–water partition coefficient (Wildman–Crippen LogP) is 4.46. The van der Waals surface area contributed by atoms with Crippen LogP contribution < -0.4 is 4.74 Å². The van der Waals surface area contributed by atoms with E-state index in [9.17, 15) is 9.90 Å². The number of aromatic nitrogens is 1. The van der Waals surface area contributed by atoms with Crippen LogP contribution in [-0.2, 0) is 16.8 Å². The topological polar surface area (TPSA) is 74.8 Å². The molecule has 6 heteroatoms. The van der Waals surface area contributed by atoms with E-state index in [0.717, 1.165) is 43.6 Å². The van der Waals surface area contributed by atoms with Gasteiger partial charge < -0.3 is 19.6 Å². The number of piperidine rings is 1. The van der Waals surface area contributed by atoms with Gasteiger partial charge >= 0.3 is 5.97 Å². The highest BCUT2D eigenvalue weighted by Crippen LogP contribution is 2.46. The summed E-state index contributed by atoms with van der Waals surface area (Å²) >= 11 is 0. The van der Waals surface area contributed by atoms with Crippen LogP contribution in [0.4, 0.5) is 0 Å². The summed E-state index contributed by atoms with van der Waals surface area (Å²) in [6.45, 7) is 4.51. The summed E-state index contributed by atoms with van der Waals surface area (Å²) in [6.07, 6.45) is 5.04. The molecule has 2 bridgehead atoms. The van der Waals surface area contributed by atoms with Crippen LogP contribution in [0.1, 0.15) is 46.3 Å². The van der Waals surface area contributed by atoms with Crippen LogP contribution in [0.5, 0.6) is 5.75 Å². The van der Waals surface area contributed by atoms with Crippen molar-refractivity contribution in [1.29, 1.82) is 0 Å². The molecule has 6 nitrogen and oxygen atoms in total. The van der Waals surface area contributed by atoms with Gasteiger partial charge in [-0.05, 0) is 61.6 Å². The summed E-state index contributed by atoms with van der Waals surface area (Å²) < 4.78 is 11.8. The van der Waals surface area contributed by atoms with Crippen molar-refractivity contribution in [2.75, 3.05) is 20.3 Å². The van der Waals surface area contributed by atoms with Gasteiger partial charge in [-0.3, -0.25) is 4.90 Å². The fraction of sp³-hybridized carbons (Fsp3) is 0.400. The molecule has 2 fully saturated rings. The maximum atomic E-state index is 11.4. The molecule has 2 saturated heterocycles. The number of fused-ring (bicyclic) bond motifs is 3. The molecule has 162 valence electrons. The van der Waals surface area contributed by atoms with E-state index >= 15 is 0 Å². The molecule has 0 aliphatic carbocycles. The first-order chi connectivity index (χ1) is 15.0. The van der Waals surface area contributed by atoms with Gasteiger partial charge in [-0.2, -0.15) is 0 Å². The maximum absolute atomic E-state index is 11.4. The Kier molecular flexibility index (Phi) is 4.99. The van der Waals surface area contributed by atoms with Crippen molar-refractivity contribution in [2.24, 2.45) is 0 Å². The number of carboxylic acid groups (broad SMARTS) is 1. The first-order valence-corrected chi connectivity index (χ1v) is 10.9. The Labute approximate surface area is 181 Å². The van der Waals surface area contributed by atoms with Crippen LogP contribution in [0.25, 0.3) is 10.9 Å². The van der Waals surface area contributed by atoms with Crippen LogP contribution in [0.3, 0.4) is 0 Å². The summed E-state index contributed by atoms with van der Waals surface area (Å²) in [4.78, 5) is 17.3.